The van der Waals surface area contributed by atoms with Gasteiger partial charge in [0.15, 0.2) is 0 Å². The number of ether oxygens (including phenoxy) is 1. The molecule has 1 aromatic heterocycles. The van der Waals surface area contributed by atoms with Gasteiger partial charge >= 0.3 is 0 Å². The summed E-state index contributed by atoms with van der Waals surface area (Å²) in [7, 11) is 0. The molecule has 3 rings (SSSR count). The van der Waals surface area contributed by atoms with Crippen LogP contribution in [0, 0.1) is 13.8 Å². The van der Waals surface area contributed by atoms with Gasteiger partial charge in [-0.2, -0.15) is 0 Å². The van der Waals surface area contributed by atoms with E-state index >= 15 is 0 Å². The maximum Gasteiger partial charge on any atom is 0.259 e. The molecule has 3 aromatic rings. The molecule has 1 heterocycles. The standard InChI is InChI=1S/C18H17BrN2O3/c1-10-8-12(9-11(2)16(10)24-7-6-22)17-20-15-13(18(23)21-17)4-3-5-14(15)19/h3-5,8-9,22H,6-7H2,1-2H3,(H,20,21,23). The van der Waals surface area contributed by atoms with E-state index in [1.807, 2.05) is 38.1 Å². The number of H-pyrrole nitrogens is 1. The highest BCUT2D eigenvalue weighted by Gasteiger charge is 2.12. The molecular weight excluding hydrogens is 372 g/mol. The minimum absolute atomic E-state index is 0.0335. The summed E-state index contributed by atoms with van der Waals surface area (Å²) in [5, 5.41) is 9.47. The molecule has 124 valence electrons. The first kappa shape index (κ1) is 16.7. The summed E-state index contributed by atoms with van der Waals surface area (Å²) in [6, 6.07) is 9.25. The minimum atomic E-state index is -0.174. The molecule has 0 aliphatic rings. The minimum Gasteiger partial charge on any atom is -0.491 e. The lowest BCUT2D eigenvalue weighted by Crippen LogP contribution is -2.10. The summed E-state index contributed by atoms with van der Waals surface area (Å²) in [5.74, 6) is 1.26. The Morgan fingerprint density at radius 3 is 2.62 bits per heavy atom. The number of hydrogen-bond donors (Lipinski definition) is 2. The van der Waals surface area contributed by atoms with E-state index < -0.39 is 0 Å². The summed E-state index contributed by atoms with van der Waals surface area (Å²) in [5.41, 5.74) is 3.12. The highest BCUT2D eigenvalue weighted by atomic mass is 79.9. The number of nitrogens with zero attached hydrogens (tertiary/aromatic N) is 1. The zero-order chi connectivity index (χ0) is 17.3. The molecule has 0 unspecified atom stereocenters. The van der Waals surface area contributed by atoms with Crippen LogP contribution in [0.5, 0.6) is 5.75 Å². The van der Waals surface area contributed by atoms with E-state index in [0.29, 0.717) is 16.7 Å². The third-order valence-electron chi connectivity index (χ3n) is 3.76. The van der Waals surface area contributed by atoms with Crippen LogP contribution >= 0.6 is 15.9 Å². The van der Waals surface area contributed by atoms with Crippen molar-refractivity contribution in [3.63, 3.8) is 0 Å². The van der Waals surface area contributed by atoms with Crippen LogP contribution < -0.4 is 10.3 Å². The van der Waals surface area contributed by atoms with E-state index in [1.54, 1.807) is 6.07 Å². The molecule has 6 heteroatoms. The molecule has 0 aliphatic carbocycles. The first-order chi connectivity index (χ1) is 11.5. The number of nitrogens with one attached hydrogen (secondary N) is 1. The quantitative estimate of drug-likeness (QED) is 0.718. The molecule has 0 atom stereocenters. The Hall–Kier alpha value is -2.18. The van der Waals surface area contributed by atoms with Crippen molar-refractivity contribution in [2.75, 3.05) is 13.2 Å². The lowest BCUT2D eigenvalue weighted by Gasteiger charge is -2.13. The number of aromatic nitrogens is 2. The Labute approximate surface area is 147 Å². The lowest BCUT2D eigenvalue weighted by atomic mass is 10.0. The molecule has 0 fully saturated rings. The normalized spacial score (nSPS) is 11.0. The average molecular weight is 389 g/mol. The maximum atomic E-state index is 12.3. The molecule has 24 heavy (non-hydrogen) atoms. The number of para-hydroxylation sites is 1. The van der Waals surface area contributed by atoms with Crippen LogP contribution in [0.25, 0.3) is 22.3 Å². The summed E-state index contributed by atoms with van der Waals surface area (Å²) in [6.45, 7) is 4.07. The molecule has 0 amide bonds. The van der Waals surface area contributed by atoms with Crippen molar-refractivity contribution < 1.29 is 9.84 Å². The van der Waals surface area contributed by atoms with Gasteiger partial charge in [-0.15, -0.1) is 0 Å². The molecule has 0 radical (unpaired) electrons. The fourth-order valence-electron chi connectivity index (χ4n) is 2.73. The van der Waals surface area contributed by atoms with Gasteiger partial charge in [0.1, 0.15) is 18.2 Å². The van der Waals surface area contributed by atoms with Crippen LogP contribution in [0.3, 0.4) is 0 Å². The smallest absolute Gasteiger partial charge is 0.259 e. The Morgan fingerprint density at radius 2 is 1.96 bits per heavy atom. The Kier molecular flexibility index (Phi) is 4.69. The number of aliphatic hydroxyl groups is 1. The molecule has 2 N–H and O–H groups in total. The third kappa shape index (κ3) is 3.07. The van der Waals surface area contributed by atoms with Crippen molar-refractivity contribution >= 4 is 26.8 Å². The van der Waals surface area contributed by atoms with Crippen molar-refractivity contribution in [2.45, 2.75) is 13.8 Å². The average Bonchev–Trinajstić information content (AvgIpc) is 2.55. The number of benzene rings is 2. The number of rotatable bonds is 4. The van der Waals surface area contributed by atoms with E-state index in [9.17, 15) is 4.79 Å². The molecule has 0 spiro atoms. The second-order valence-corrected chi connectivity index (χ2v) is 6.42. The topological polar surface area (TPSA) is 75.2 Å². The second-order valence-electron chi connectivity index (χ2n) is 5.56. The predicted molar refractivity (Wildman–Crippen MR) is 97.6 cm³/mol. The van der Waals surface area contributed by atoms with Gasteiger partial charge < -0.3 is 14.8 Å². The number of aliphatic hydroxyl groups excluding tert-OH is 1. The summed E-state index contributed by atoms with van der Waals surface area (Å²) in [4.78, 5) is 19.8. The lowest BCUT2D eigenvalue weighted by molar-refractivity contribution is 0.200. The van der Waals surface area contributed by atoms with Crippen LogP contribution in [0.4, 0.5) is 0 Å². The molecule has 2 aromatic carbocycles. The van der Waals surface area contributed by atoms with Gasteiger partial charge in [0, 0.05) is 10.0 Å². The fourth-order valence-corrected chi connectivity index (χ4v) is 3.18. The molecule has 0 saturated carbocycles. The number of aromatic amines is 1. The Balaban J connectivity index is 2.14. The number of fused-ring (bicyclic) bond motifs is 1. The van der Waals surface area contributed by atoms with Crippen molar-refractivity contribution in [1.29, 1.82) is 0 Å². The van der Waals surface area contributed by atoms with E-state index in [2.05, 4.69) is 25.9 Å². The van der Waals surface area contributed by atoms with Gasteiger partial charge in [-0.3, -0.25) is 4.79 Å². The maximum absolute atomic E-state index is 12.3. The highest BCUT2D eigenvalue weighted by Crippen LogP contribution is 2.29. The van der Waals surface area contributed by atoms with Crippen molar-refractivity contribution in [3.8, 4) is 17.1 Å². The highest BCUT2D eigenvalue weighted by molar-refractivity contribution is 9.10. The first-order valence-electron chi connectivity index (χ1n) is 7.55. The fraction of sp³-hybridized carbons (Fsp3) is 0.222. The second kappa shape index (κ2) is 6.75. The van der Waals surface area contributed by atoms with Crippen LogP contribution in [0.1, 0.15) is 11.1 Å². The number of aryl methyl sites for hydroxylation is 2. The SMILES string of the molecule is Cc1cc(-c2nc3c(Br)cccc3c(=O)[nH]2)cc(C)c1OCCO. The Bertz CT molecular complexity index is 943. The molecular formula is C18H17BrN2O3. The van der Waals surface area contributed by atoms with Gasteiger partial charge in [0.25, 0.3) is 5.56 Å². The van der Waals surface area contributed by atoms with E-state index in [0.717, 1.165) is 26.9 Å². The van der Waals surface area contributed by atoms with Gasteiger partial charge in [0.2, 0.25) is 0 Å². The van der Waals surface area contributed by atoms with Crippen molar-refractivity contribution in [2.24, 2.45) is 0 Å². The zero-order valence-electron chi connectivity index (χ0n) is 13.4. The van der Waals surface area contributed by atoms with E-state index in [4.69, 9.17) is 9.84 Å². The zero-order valence-corrected chi connectivity index (χ0v) is 15.0. The van der Waals surface area contributed by atoms with Gasteiger partial charge in [-0.25, -0.2) is 4.98 Å². The van der Waals surface area contributed by atoms with Crippen LogP contribution in [-0.4, -0.2) is 28.3 Å². The third-order valence-corrected chi connectivity index (χ3v) is 4.40. The largest absolute Gasteiger partial charge is 0.491 e. The Morgan fingerprint density at radius 1 is 1.25 bits per heavy atom. The van der Waals surface area contributed by atoms with Crippen molar-refractivity contribution in [1.82, 2.24) is 9.97 Å². The van der Waals surface area contributed by atoms with Gasteiger partial charge in [-0.1, -0.05) is 6.07 Å². The van der Waals surface area contributed by atoms with Gasteiger partial charge in [-0.05, 0) is 65.2 Å². The van der Waals surface area contributed by atoms with Gasteiger partial charge in [0.05, 0.1) is 17.5 Å². The van der Waals surface area contributed by atoms with Crippen LogP contribution in [0.15, 0.2) is 39.6 Å². The molecule has 5 nitrogen and oxygen atoms in total. The monoisotopic (exact) mass is 388 g/mol. The van der Waals surface area contributed by atoms with Crippen LogP contribution in [0.2, 0.25) is 0 Å². The first-order valence-corrected chi connectivity index (χ1v) is 8.34. The van der Waals surface area contributed by atoms with Crippen LogP contribution in [-0.2, 0) is 0 Å². The van der Waals surface area contributed by atoms with E-state index in [-0.39, 0.29) is 18.8 Å². The molecule has 0 saturated heterocycles. The number of hydrogen-bond acceptors (Lipinski definition) is 4. The number of halogens is 1. The molecule has 0 bridgehead atoms. The predicted octanol–water partition coefficient (Wildman–Crippen LogP) is 3.34. The van der Waals surface area contributed by atoms with E-state index in [1.165, 1.54) is 0 Å². The molecule has 0 aliphatic heterocycles. The summed E-state index contributed by atoms with van der Waals surface area (Å²) >= 11 is 3.45. The van der Waals surface area contributed by atoms with Crippen molar-refractivity contribution in [3.05, 3.63) is 56.3 Å². The summed E-state index contributed by atoms with van der Waals surface area (Å²) < 4.78 is 6.35. The summed E-state index contributed by atoms with van der Waals surface area (Å²) in [6.07, 6.45) is 0.